The molecule has 0 aliphatic rings. The van der Waals surface area contributed by atoms with Gasteiger partial charge in [-0.05, 0) is 35.0 Å². The van der Waals surface area contributed by atoms with Crippen LogP contribution in [-0.2, 0) is 15.3 Å². The van der Waals surface area contributed by atoms with E-state index in [2.05, 4.69) is 25.3 Å². The monoisotopic (exact) mass is 514 g/mol. The number of nitrogens with zero attached hydrogens (tertiary/aromatic N) is 4. The van der Waals surface area contributed by atoms with Gasteiger partial charge in [-0.3, -0.25) is 14.8 Å². The molecule has 14 heteroatoms. The van der Waals surface area contributed by atoms with Gasteiger partial charge in [0.1, 0.15) is 29.3 Å². The number of hydrogen-bond donors (Lipinski definition) is 2. The van der Waals surface area contributed by atoms with Gasteiger partial charge in [0.15, 0.2) is 0 Å². The van der Waals surface area contributed by atoms with Gasteiger partial charge in [0.25, 0.3) is 5.91 Å². The number of nitrogens with two attached hydrogens (primary N) is 1. The van der Waals surface area contributed by atoms with Crippen LogP contribution in [0.2, 0.25) is 0 Å². The number of amides is 1. The lowest BCUT2D eigenvalue weighted by Gasteiger charge is -2.31. The van der Waals surface area contributed by atoms with E-state index in [1.165, 1.54) is 25.6 Å². The quantitative estimate of drug-likeness (QED) is 0.229. The number of pyridine rings is 2. The summed E-state index contributed by atoms with van der Waals surface area (Å²) in [6.45, 7) is 0.718. The number of benzene rings is 1. The Morgan fingerprint density at radius 3 is 2.46 bits per heavy atom. The zero-order valence-electron chi connectivity index (χ0n) is 21.4. The molecule has 8 radical (unpaired) electrons. The number of ether oxygens (including phenoxy) is 3. The maximum absolute atomic E-state index is 13.3. The number of carbonyl (C=O) groups is 1. The van der Waals surface area contributed by atoms with Crippen LogP contribution < -0.4 is 20.5 Å². The van der Waals surface area contributed by atoms with Gasteiger partial charge in [-0.15, -0.1) is 0 Å². The minimum absolute atomic E-state index is 0.0452. The van der Waals surface area contributed by atoms with Crippen molar-refractivity contribution >= 4 is 54.1 Å². The van der Waals surface area contributed by atoms with Crippen molar-refractivity contribution in [1.82, 2.24) is 25.3 Å². The van der Waals surface area contributed by atoms with Crippen molar-refractivity contribution in [3.63, 3.8) is 0 Å². The molecule has 3 heterocycles. The largest absolute Gasteiger partial charge is 0.494 e. The van der Waals surface area contributed by atoms with Crippen LogP contribution in [0.25, 0.3) is 10.9 Å². The summed E-state index contributed by atoms with van der Waals surface area (Å²) < 4.78 is 15.9. The highest BCUT2D eigenvalue weighted by molar-refractivity contribution is 6.42. The second kappa shape index (κ2) is 11.4. The van der Waals surface area contributed by atoms with E-state index in [1.807, 2.05) is 0 Å². The van der Waals surface area contributed by atoms with Gasteiger partial charge < -0.3 is 25.3 Å². The molecular formula is C25H22B4N6O4. The Balaban J connectivity index is 1.62. The van der Waals surface area contributed by atoms with Crippen molar-refractivity contribution in [3.8, 4) is 11.5 Å². The number of anilines is 1. The molecular weight excluding hydrogens is 492 g/mol. The molecule has 0 saturated heterocycles. The Hall–Kier alpha value is -4.05. The van der Waals surface area contributed by atoms with Crippen LogP contribution in [0, 0.1) is 0 Å². The number of nitrogen functional groups attached to an aromatic ring is 1. The van der Waals surface area contributed by atoms with Gasteiger partial charge in [0.05, 0.1) is 51.3 Å². The molecule has 0 fully saturated rings. The number of methoxy groups -OCH3 is 2. The maximum Gasteiger partial charge on any atom is 0.270 e. The SMILES string of the molecule is [B]C([B])(NC(=O)c1nc(N)nc2c(OC)cccc12)c1cccc(C([B])([B])c2cncc(OCCOC)c2)n1. The molecule has 4 aromatic rings. The third kappa shape index (κ3) is 6.01. The second-order valence-corrected chi connectivity index (χ2v) is 8.64. The number of rotatable bonds is 10. The Labute approximate surface area is 231 Å². The van der Waals surface area contributed by atoms with Gasteiger partial charge in [0, 0.05) is 35.4 Å². The van der Waals surface area contributed by atoms with E-state index in [0.29, 0.717) is 41.2 Å². The van der Waals surface area contributed by atoms with Gasteiger partial charge in [-0.25, -0.2) is 9.97 Å². The van der Waals surface area contributed by atoms with E-state index in [1.54, 1.807) is 43.5 Å². The van der Waals surface area contributed by atoms with Crippen molar-refractivity contribution in [1.29, 1.82) is 0 Å². The van der Waals surface area contributed by atoms with E-state index >= 15 is 0 Å². The summed E-state index contributed by atoms with van der Waals surface area (Å²) in [6, 6.07) is 11.4. The molecule has 0 aliphatic carbocycles. The van der Waals surface area contributed by atoms with Gasteiger partial charge in [-0.1, -0.05) is 18.2 Å². The van der Waals surface area contributed by atoms with Crippen molar-refractivity contribution < 1.29 is 19.0 Å². The van der Waals surface area contributed by atoms with Gasteiger partial charge in [-0.2, -0.15) is 0 Å². The second-order valence-electron chi connectivity index (χ2n) is 8.64. The summed E-state index contributed by atoms with van der Waals surface area (Å²) in [5.41, 5.74) is 6.87. The number of para-hydroxylation sites is 1. The van der Waals surface area contributed by atoms with Gasteiger partial charge in [0.2, 0.25) is 5.95 Å². The number of carbonyl (C=O) groups excluding carboxylic acids is 1. The summed E-state index contributed by atoms with van der Waals surface area (Å²) in [6.07, 6.45) is 3.02. The predicted octanol–water partition coefficient (Wildman–Crippen LogP) is 0.451. The number of aromatic nitrogens is 4. The molecule has 188 valence electrons. The lowest BCUT2D eigenvalue weighted by Crippen LogP contribution is -2.48. The molecule has 1 aromatic carbocycles. The van der Waals surface area contributed by atoms with Gasteiger partial charge >= 0.3 is 0 Å². The summed E-state index contributed by atoms with van der Waals surface area (Å²) >= 11 is 0. The van der Waals surface area contributed by atoms with Crippen LogP contribution in [0.3, 0.4) is 0 Å². The first-order chi connectivity index (χ1) is 18.6. The zero-order valence-corrected chi connectivity index (χ0v) is 21.4. The van der Waals surface area contributed by atoms with Crippen LogP contribution in [0.5, 0.6) is 11.5 Å². The molecule has 10 nitrogen and oxygen atoms in total. The average Bonchev–Trinajstić information content (AvgIpc) is 2.92. The molecule has 4 rings (SSSR count). The summed E-state index contributed by atoms with van der Waals surface area (Å²) in [4.78, 5) is 30.2. The highest BCUT2D eigenvalue weighted by atomic mass is 16.5. The maximum atomic E-state index is 13.3. The lowest BCUT2D eigenvalue weighted by atomic mass is 9.49. The summed E-state index contributed by atoms with van der Waals surface area (Å²) in [7, 11) is 28.6. The third-order valence-corrected chi connectivity index (χ3v) is 5.81. The van der Waals surface area contributed by atoms with Crippen molar-refractivity contribution in [2.45, 2.75) is 10.6 Å². The standard InChI is InChI=1S/C25H22B4N6O4/c1-37-9-10-39-15-11-14(12-31-13-15)24(26,27)18-7-4-8-19(32-18)25(28,29)35-22(36)21-16-5-3-6-17(38-2)20(16)33-23(30)34-21/h3-8,11-13H,9-10H2,1-2H3,(H,35,36)(H2,30,33,34). The van der Waals surface area contributed by atoms with Crippen LogP contribution in [0.15, 0.2) is 54.9 Å². The molecule has 0 aliphatic heterocycles. The first-order valence-corrected chi connectivity index (χ1v) is 11.7. The number of hydrogen-bond acceptors (Lipinski definition) is 9. The molecule has 0 atom stereocenters. The van der Waals surface area contributed by atoms with Crippen LogP contribution >= 0.6 is 0 Å². The van der Waals surface area contributed by atoms with E-state index in [0.717, 1.165) is 0 Å². The van der Waals surface area contributed by atoms with Crippen molar-refractivity contribution in [3.05, 3.63) is 77.5 Å². The Kier molecular flexibility index (Phi) is 8.15. The smallest absolute Gasteiger partial charge is 0.270 e. The molecule has 0 bridgehead atoms. The summed E-state index contributed by atoms with van der Waals surface area (Å²) in [5, 5.41) is -0.613. The predicted molar refractivity (Wildman–Crippen MR) is 149 cm³/mol. The highest BCUT2D eigenvalue weighted by Gasteiger charge is 2.30. The first kappa shape index (κ1) is 28.0. The Bertz CT molecular complexity index is 1500. The third-order valence-electron chi connectivity index (χ3n) is 5.81. The van der Waals surface area contributed by atoms with E-state index in [9.17, 15) is 4.79 Å². The zero-order chi connectivity index (χ0) is 28.2. The van der Waals surface area contributed by atoms with Crippen LogP contribution in [-0.4, -0.2) is 84.7 Å². The van der Waals surface area contributed by atoms with Crippen molar-refractivity contribution in [2.24, 2.45) is 0 Å². The van der Waals surface area contributed by atoms with Crippen LogP contribution in [0.4, 0.5) is 5.95 Å². The van der Waals surface area contributed by atoms with Crippen molar-refractivity contribution in [2.75, 3.05) is 33.2 Å². The molecule has 3 aromatic heterocycles. The Morgan fingerprint density at radius 2 is 1.72 bits per heavy atom. The molecule has 0 unspecified atom stereocenters. The molecule has 39 heavy (non-hydrogen) atoms. The van der Waals surface area contributed by atoms with E-state index < -0.39 is 16.5 Å². The fraction of sp³-hybridized carbons (Fsp3) is 0.240. The molecule has 3 N–H and O–H groups in total. The number of fused-ring (bicyclic) bond motifs is 1. The summed E-state index contributed by atoms with van der Waals surface area (Å²) in [5.74, 6) is 0.0290. The molecule has 0 spiro atoms. The highest BCUT2D eigenvalue weighted by Crippen LogP contribution is 2.29. The molecule has 1 amide bonds. The topological polar surface area (TPSA) is 134 Å². The normalized spacial score (nSPS) is 11.7. The lowest BCUT2D eigenvalue weighted by molar-refractivity contribution is 0.0938. The number of nitrogens with one attached hydrogen (secondary N) is 1. The van der Waals surface area contributed by atoms with E-state index in [-0.39, 0.29) is 23.0 Å². The minimum Gasteiger partial charge on any atom is -0.494 e. The Morgan fingerprint density at radius 1 is 0.974 bits per heavy atom. The fourth-order valence-electron chi connectivity index (χ4n) is 3.80. The van der Waals surface area contributed by atoms with Crippen LogP contribution in [0.1, 0.15) is 27.4 Å². The molecule has 0 saturated carbocycles. The minimum atomic E-state index is -1.95. The fourth-order valence-corrected chi connectivity index (χ4v) is 3.80. The van der Waals surface area contributed by atoms with E-state index in [4.69, 9.17) is 51.3 Å². The average molecular weight is 514 g/mol. The first-order valence-electron chi connectivity index (χ1n) is 11.7.